The molecule has 3 heteroatoms. The van der Waals surface area contributed by atoms with Gasteiger partial charge in [0.25, 0.3) is 0 Å². The van der Waals surface area contributed by atoms with Crippen LogP contribution in [0.25, 0.3) is 22.5 Å². The van der Waals surface area contributed by atoms with Gasteiger partial charge in [0, 0.05) is 5.56 Å². The molecule has 1 aromatic heterocycles. The second-order valence-electron chi connectivity index (χ2n) is 4.85. The first kappa shape index (κ1) is 14.1. The first-order valence-electron chi connectivity index (χ1n) is 7.19. The van der Waals surface area contributed by atoms with E-state index in [1.807, 2.05) is 48.5 Å². The molecule has 1 heterocycles. The van der Waals surface area contributed by atoms with Crippen LogP contribution < -0.4 is 0 Å². The lowest BCUT2D eigenvalue weighted by Crippen LogP contribution is -2.03. The van der Waals surface area contributed by atoms with Gasteiger partial charge in [-0.15, -0.1) is 0 Å². The lowest BCUT2D eigenvalue weighted by atomic mass is 10.0. The fourth-order valence-corrected chi connectivity index (χ4v) is 2.28. The van der Waals surface area contributed by atoms with E-state index in [2.05, 4.69) is 0 Å². The molecule has 22 heavy (non-hydrogen) atoms. The molecular weight excluding hydrogens is 276 g/mol. The van der Waals surface area contributed by atoms with Crippen LogP contribution in [0.15, 0.2) is 71.3 Å². The Kier molecular flexibility index (Phi) is 4.05. The zero-order valence-corrected chi connectivity index (χ0v) is 12.3. The Bertz CT molecular complexity index is 738. The molecule has 0 atom stereocenters. The largest absolute Gasteiger partial charge is 0.464 e. The van der Waals surface area contributed by atoms with Crippen LogP contribution in [-0.4, -0.2) is 12.6 Å². The van der Waals surface area contributed by atoms with Crippen LogP contribution in [0.4, 0.5) is 0 Å². The first-order valence-corrected chi connectivity index (χ1v) is 7.19. The highest BCUT2D eigenvalue weighted by Gasteiger charge is 2.07. The third-order valence-electron chi connectivity index (χ3n) is 3.42. The predicted molar refractivity (Wildman–Crippen MR) is 85.5 cm³/mol. The second kappa shape index (κ2) is 6.31. The number of benzene rings is 2. The predicted octanol–water partition coefficient (Wildman–Crippen LogP) is 4.79. The number of carbonyl (C=O) groups excluding carboxylic acids is 1. The Labute approximate surface area is 129 Å². The van der Waals surface area contributed by atoms with Crippen molar-refractivity contribution >= 4 is 5.97 Å². The van der Waals surface area contributed by atoms with Crippen molar-refractivity contribution in [3.05, 3.63) is 72.5 Å². The van der Waals surface area contributed by atoms with E-state index in [4.69, 9.17) is 9.15 Å². The van der Waals surface area contributed by atoms with E-state index < -0.39 is 0 Å². The molecule has 0 saturated heterocycles. The van der Waals surface area contributed by atoms with Gasteiger partial charge >= 0.3 is 5.97 Å². The topological polar surface area (TPSA) is 39.4 Å². The highest BCUT2D eigenvalue weighted by atomic mass is 16.5. The minimum Gasteiger partial charge on any atom is -0.464 e. The van der Waals surface area contributed by atoms with Crippen LogP contribution in [0.5, 0.6) is 0 Å². The zero-order valence-electron chi connectivity index (χ0n) is 12.3. The SMILES string of the molecule is CCOC(=O)c1ccc(-c2ccc(-c3ccco3)cc2)cc1. The van der Waals surface area contributed by atoms with Crippen LogP contribution >= 0.6 is 0 Å². The zero-order chi connectivity index (χ0) is 15.4. The molecule has 3 rings (SSSR count). The van der Waals surface area contributed by atoms with Gasteiger partial charge in [-0.05, 0) is 42.3 Å². The number of esters is 1. The summed E-state index contributed by atoms with van der Waals surface area (Å²) >= 11 is 0. The van der Waals surface area contributed by atoms with Gasteiger partial charge in [-0.1, -0.05) is 36.4 Å². The van der Waals surface area contributed by atoms with Crippen molar-refractivity contribution < 1.29 is 13.9 Å². The number of ether oxygens (including phenoxy) is 1. The van der Waals surface area contributed by atoms with Crippen molar-refractivity contribution in [1.82, 2.24) is 0 Å². The van der Waals surface area contributed by atoms with Crippen molar-refractivity contribution in [3.63, 3.8) is 0 Å². The van der Waals surface area contributed by atoms with Gasteiger partial charge in [-0.25, -0.2) is 4.79 Å². The highest BCUT2D eigenvalue weighted by Crippen LogP contribution is 2.25. The van der Waals surface area contributed by atoms with Crippen molar-refractivity contribution in [1.29, 1.82) is 0 Å². The van der Waals surface area contributed by atoms with Crippen molar-refractivity contribution in [3.8, 4) is 22.5 Å². The van der Waals surface area contributed by atoms with E-state index in [1.54, 1.807) is 25.3 Å². The molecule has 3 nitrogen and oxygen atoms in total. The molecule has 0 bridgehead atoms. The molecule has 0 aliphatic carbocycles. The molecule has 110 valence electrons. The normalized spacial score (nSPS) is 10.4. The Balaban J connectivity index is 1.81. The number of hydrogen-bond acceptors (Lipinski definition) is 3. The molecule has 0 fully saturated rings. The summed E-state index contributed by atoms with van der Waals surface area (Å²) in [6, 6.07) is 19.3. The smallest absolute Gasteiger partial charge is 0.338 e. The molecule has 0 N–H and O–H groups in total. The summed E-state index contributed by atoms with van der Waals surface area (Å²) in [6.45, 7) is 2.18. The molecule has 0 unspecified atom stereocenters. The third-order valence-corrected chi connectivity index (χ3v) is 3.42. The van der Waals surface area contributed by atoms with Crippen LogP contribution in [0.2, 0.25) is 0 Å². The molecule has 0 radical (unpaired) electrons. The molecular formula is C19H16O3. The monoisotopic (exact) mass is 292 g/mol. The van der Waals surface area contributed by atoms with Crippen LogP contribution in [0.3, 0.4) is 0 Å². The summed E-state index contributed by atoms with van der Waals surface area (Å²) in [5.41, 5.74) is 3.75. The number of carbonyl (C=O) groups is 1. The quantitative estimate of drug-likeness (QED) is 0.649. The third kappa shape index (κ3) is 2.93. The van der Waals surface area contributed by atoms with Crippen LogP contribution in [0, 0.1) is 0 Å². The maximum atomic E-state index is 11.6. The van der Waals surface area contributed by atoms with Gasteiger partial charge < -0.3 is 9.15 Å². The Morgan fingerprint density at radius 1 is 0.909 bits per heavy atom. The van der Waals surface area contributed by atoms with Gasteiger partial charge in [-0.3, -0.25) is 0 Å². The maximum absolute atomic E-state index is 11.6. The lowest BCUT2D eigenvalue weighted by molar-refractivity contribution is 0.0526. The second-order valence-corrected chi connectivity index (χ2v) is 4.85. The van der Waals surface area contributed by atoms with Gasteiger partial charge in [0.2, 0.25) is 0 Å². The van der Waals surface area contributed by atoms with E-state index >= 15 is 0 Å². The average molecular weight is 292 g/mol. The molecule has 0 spiro atoms. The Morgan fingerprint density at radius 3 is 2.05 bits per heavy atom. The van der Waals surface area contributed by atoms with Crippen LogP contribution in [0.1, 0.15) is 17.3 Å². The van der Waals surface area contributed by atoms with Gasteiger partial charge in [0.1, 0.15) is 5.76 Å². The van der Waals surface area contributed by atoms with E-state index in [1.165, 1.54) is 0 Å². The summed E-state index contributed by atoms with van der Waals surface area (Å²) in [7, 11) is 0. The van der Waals surface area contributed by atoms with Crippen molar-refractivity contribution in [2.45, 2.75) is 6.92 Å². The van der Waals surface area contributed by atoms with E-state index in [9.17, 15) is 4.79 Å². The first-order chi connectivity index (χ1) is 10.8. The lowest BCUT2D eigenvalue weighted by Gasteiger charge is -2.05. The summed E-state index contributed by atoms with van der Waals surface area (Å²) in [5.74, 6) is 0.562. The van der Waals surface area contributed by atoms with E-state index in [-0.39, 0.29) is 5.97 Å². The molecule has 0 aliphatic heterocycles. The van der Waals surface area contributed by atoms with Gasteiger partial charge in [0.15, 0.2) is 0 Å². The molecule has 0 aliphatic rings. The van der Waals surface area contributed by atoms with Gasteiger partial charge in [-0.2, -0.15) is 0 Å². The number of hydrogen-bond donors (Lipinski definition) is 0. The maximum Gasteiger partial charge on any atom is 0.338 e. The number of furan rings is 1. The van der Waals surface area contributed by atoms with Gasteiger partial charge in [0.05, 0.1) is 18.4 Å². The average Bonchev–Trinajstić information content (AvgIpc) is 3.10. The minimum atomic E-state index is -0.290. The molecule has 0 saturated carbocycles. The van der Waals surface area contributed by atoms with E-state index in [0.717, 1.165) is 22.5 Å². The number of rotatable bonds is 4. The molecule has 0 amide bonds. The van der Waals surface area contributed by atoms with Crippen molar-refractivity contribution in [2.75, 3.05) is 6.61 Å². The van der Waals surface area contributed by atoms with Crippen LogP contribution in [-0.2, 0) is 4.74 Å². The van der Waals surface area contributed by atoms with Crippen molar-refractivity contribution in [2.24, 2.45) is 0 Å². The summed E-state index contributed by atoms with van der Waals surface area (Å²) in [6.07, 6.45) is 1.66. The summed E-state index contributed by atoms with van der Waals surface area (Å²) in [4.78, 5) is 11.6. The summed E-state index contributed by atoms with van der Waals surface area (Å²) in [5, 5.41) is 0. The standard InChI is InChI=1S/C19H16O3/c1-2-21-19(20)17-11-7-15(8-12-17)14-5-9-16(10-6-14)18-4-3-13-22-18/h3-13H,2H2,1H3. The molecule has 3 aromatic rings. The summed E-state index contributed by atoms with van der Waals surface area (Å²) < 4.78 is 10.4. The highest BCUT2D eigenvalue weighted by molar-refractivity contribution is 5.90. The molecule has 2 aromatic carbocycles. The minimum absolute atomic E-state index is 0.290. The fraction of sp³-hybridized carbons (Fsp3) is 0.105. The fourth-order valence-electron chi connectivity index (χ4n) is 2.28. The Morgan fingerprint density at radius 2 is 1.50 bits per heavy atom. The Hall–Kier alpha value is -2.81. The van der Waals surface area contributed by atoms with E-state index in [0.29, 0.717) is 12.2 Å².